The predicted octanol–water partition coefficient (Wildman–Crippen LogP) is 12.2. The van der Waals surface area contributed by atoms with E-state index in [-0.39, 0.29) is 52.2 Å². The van der Waals surface area contributed by atoms with Crippen LogP contribution < -0.4 is 38.7 Å². The molecule has 2 atom stereocenters. The van der Waals surface area contributed by atoms with Crippen LogP contribution in [0.1, 0.15) is 76.1 Å². The summed E-state index contributed by atoms with van der Waals surface area (Å²) < 4.78 is 40.6. The summed E-state index contributed by atoms with van der Waals surface area (Å²) in [4.78, 5) is 50.7. The lowest BCUT2D eigenvalue weighted by atomic mass is 9.78. The van der Waals surface area contributed by atoms with Crippen LogP contribution in [0.25, 0.3) is 53.7 Å². The fourth-order valence-corrected chi connectivity index (χ4v) is 11.1. The molecule has 0 radical (unpaired) electrons. The summed E-state index contributed by atoms with van der Waals surface area (Å²) in [5.41, 5.74) is 18.3. The molecular formula is C66H65BClN13O6S. The number of aryl methyl sites for hydroxylation is 1. The molecular weight excluding hydrogens is 1150 g/mol. The summed E-state index contributed by atoms with van der Waals surface area (Å²) in [5.74, 6) is 0.725. The van der Waals surface area contributed by atoms with E-state index in [9.17, 15) is 18.0 Å². The van der Waals surface area contributed by atoms with E-state index < -0.39 is 28.3 Å². The number of halogens is 1. The normalized spacial score (nSPS) is 13.9. The minimum absolute atomic E-state index is 0.0344. The van der Waals surface area contributed by atoms with Gasteiger partial charge in [-0.15, -0.1) is 0 Å². The maximum Gasteiger partial charge on any atom is 0.494 e. The molecule has 19 nitrogen and oxygen atoms in total. The van der Waals surface area contributed by atoms with E-state index in [1.807, 2.05) is 182 Å². The Morgan fingerprint density at radius 2 is 1.12 bits per heavy atom. The minimum Gasteiger partial charge on any atom is -0.399 e. The van der Waals surface area contributed by atoms with E-state index in [0.29, 0.717) is 38.8 Å². The number of hydrogen-bond acceptors (Lipinski definition) is 14. The number of sulfonamides is 1. The molecule has 0 amide bonds. The van der Waals surface area contributed by atoms with Crippen LogP contribution in [0.15, 0.2) is 180 Å². The van der Waals surface area contributed by atoms with Gasteiger partial charge in [-0.05, 0) is 124 Å². The second-order valence-electron chi connectivity index (χ2n) is 22.2. The summed E-state index contributed by atoms with van der Waals surface area (Å²) in [5, 5.41) is 9.53. The maximum atomic E-state index is 14.2. The Hall–Kier alpha value is -9.74. The van der Waals surface area contributed by atoms with Crippen LogP contribution in [-0.4, -0.2) is 74.2 Å². The smallest absolute Gasteiger partial charge is 0.399 e. The number of para-hydroxylation sites is 2. The highest BCUT2D eigenvalue weighted by Crippen LogP contribution is 2.37. The van der Waals surface area contributed by atoms with Gasteiger partial charge in [-0.1, -0.05) is 132 Å². The first-order valence-corrected chi connectivity index (χ1v) is 30.0. The van der Waals surface area contributed by atoms with Gasteiger partial charge in [0.25, 0.3) is 11.1 Å². The Bertz CT molecular complexity index is 4560. The van der Waals surface area contributed by atoms with E-state index in [1.54, 1.807) is 27.3 Å². The summed E-state index contributed by atoms with van der Waals surface area (Å²) in [6, 6.07) is 48.8. The summed E-state index contributed by atoms with van der Waals surface area (Å²) in [6.45, 7) is 28.6. The molecule has 10 aromatic rings. The molecule has 0 spiro atoms. The van der Waals surface area contributed by atoms with Gasteiger partial charge in [0.05, 0.1) is 58.0 Å². The van der Waals surface area contributed by atoms with Crippen LogP contribution in [0.5, 0.6) is 0 Å². The fraction of sp³-hybridized carbons (Fsp3) is 0.212. The zero-order valence-corrected chi connectivity index (χ0v) is 51.6. The Morgan fingerprint density at radius 1 is 0.648 bits per heavy atom. The summed E-state index contributed by atoms with van der Waals surface area (Å²) in [7, 11) is -0.695. The molecule has 6 N–H and O–H groups in total. The van der Waals surface area contributed by atoms with Crippen molar-refractivity contribution >= 4 is 90.7 Å². The zero-order valence-electron chi connectivity index (χ0n) is 50.0. The van der Waals surface area contributed by atoms with E-state index >= 15 is 0 Å². The highest BCUT2D eigenvalue weighted by Gasteiger charge is 2.51. The van der Waals surface area contributed by atoms with Crippen molar-refractivity contribution in [3.63, 3.8) is 0 Å². The monoisotopic (exact) mass is 1210 g/mol. The van der Waals surface area contributed by atoms with Crippen molar-refractivity contribution in [1.82, 2.24) is 33.4 Å². The fourth-order valence-electron chi connectivity index (χ4n) is 9.96. The average molecular weight is 1210 g/mol. The number of fused-ring (bicyclic) bond motifs is 2. The maximum absolute atomic E-state index is 14.2. The highest BCUT2D eigenvalue weighted by molar-refractivity contribution is 7.88. The first-order valence-electron chi connectivity index (χ1n) is 28.0. The van der Waals surface area contributed by atoms with Crippen molar-refractivity contribution < 1.29 is 17.7 Å². The molecule has 0 aliphatic carbocycles. The number of pyridine rings is 2. The number of hydrogen-bond donors (Lipinski definition) is 4. The van der Waals surface area contributed by atoms with E-state index in [1.165, 1.54) is 30.8 Å². The molecule has 0 bridgehead atoms. The van der Waals surface area contributed by atoms with Crippen molar-refractivity contribution in [2.24, 2.45) is 0 Å². The Kier molecular flexibility index (Phi) is 18.6. The molecule has 4 aromatic heterocycles. The molecule has 1 aliphatic heterocycles. The molecule has 0 saturated carbocycles. The number of rotatable bonds is 13. The lowest BCUT2D eigenvalue weighted by Gasteiger charge is -2.32. The standard InChI is InChI=1S/C29H24N6O.C22H17ClN6O.C15H24BNO4S/c1-18-9-7-10-20(15-18)23-14-8-11-21-16-25(19(2)33-27-24(31-3)17-32-29(30)34-27)35(28(36)26(21)23)22-12-5-4-6-13-22;1-13(27-20-17(25-2)12-26-22(24)28-20)18-11-14-7-6-10-16(23)19(14)21(30)29(18)15-8-4-3-5-9-15;1-14(2)15(3,4)21-16(20-14)13-9-7-8-12(10-13)11-22(18,19)17(5)6/h4-17,19H,1-2H3,(H3,30,32,33,34);3-13H,1H3,(H3,24,26,27,28);7-10H,11H2,1-6H3/t19-;13-;/m00./s1. The van der Waals surface area contributed by atoms with Crippen LogP contribution in [0.2, 0.25) is 5.02 Å². The minimum atomic E-state index is -3.29. The molecule has 446 valence electrons. The largest absolute Gasteiger partial charge is 0.494 e. The number of anilines is 4. The molecule has 1 aliphatic rings. The lowest BCUT2D eigenvalue weighted by Crippen LogP contribution is -2.41. The molecule has 22 heteroatoms. The van der Waals surface area contributed by atoms with Gasteiger partial charge in [0.15, 0.2) is 0 Å². The van der Waals surface area contributed by atoms with Crippen molar-refractivity contribution in [2.75, 3.05) is 36.2 Å². The van der Waals surface area contributed by atoms with Crippen LogP contribution in [-0.2, 0) is 25.1 Å². The van der Waals surface area contributed by atoms with E-state index in [2.05, 4.69) is 46.3 Å². The third kappa shape index (κ3) is 13.6. The highest BCUT2D eigenvalue weighted by atomic mass is 35.5. The molecule has 1 saturated heterocycles. The van der Waals surface area contributed by atoms with Gasteiger partial charge in [-0.2, -0.15) is 0 Å². The van der Waals surface area contributed by atoms with Crippen molar-refractivity contribution in [1.29, 1.82) is 0 Å². The molecule has 88 heavy (non-hydrogen) atoms. The van der Waals surface area contributed by atoms with Gasteiger partial charge in [0.1, 0.15) is 11.6 Å². The molecule has 5 heterocycles. The second-order valence-corrected chi connectivity index (χ2v) is 24.8. The Morgan fingerprint density at radius 3 is 1.62 bits per heavy atom. The third-order valence-corrected chi connectivity index (χ3v) is 17.4. The Balaban J connectivity index is 0.000000162. The summed E-state index contributed by atoms with van der Waals surface area (Å²) in [6.07, 6.45) is 2.76. The van der Waals surface area contributed by atoms with Gasteiger partial charge < -0.3 is 31.4 Å². The van der Waals surface area contributed by atoms with Gasteiger partial charge >= 0.3 is 7.12 Å². The molecule has 1 fully saturated rings. The second kappa shape index (κ2) is 26.1. The first-order chi connectivity index (χ1) is 41.9. The first kappa shape index (κ1) is 62.8. The average Bonchev–Trinajstić information content (AvgIpc) is 1.26. The predicted molar refractivity (Wildman–Crippen MR) is 352 cm³/mol. The van der Waals surface area contributed by atoms with E-state index in [4.69, 9.17) is 45.5 Å². The molecule has 11 rings (SSSR count). The third-order valence-electron chi connectivity index (χ3n) is 15.3. The summed E-state index contributed by atoms with van der Waals surface area (Å²) >= 11 is 6.35. The molecule has 6 aromatic carbocycles. The van der Waals surface area contributed by atoms with Crippen LogP contribution in [0.4, 0.5) is 34.9 Å². The van der Waals surface area contributed by atoms with Crippen LogP contribution in [0.3, 0.4) is 0 Å². The number of nitrogens with one attached hydrogen (secondary N) is 2. The van der Waals surface area contributed by atoms with Crippen LogP contribution in [0, 0.1) is 20.1 Å². The Labute approximate surface area is 516 Å². The van der Waals surface area contributed by atoms with E-state index in [0.717, 1.165) is 49.9 Å². The molecule has 0 unspecified atom stereocenters. The lowest BCUT2D eigenvalue weighted by molar-refractivity contribution is 0.00578. The number of benzene rings is 6. The SMILES string of the molecule is CN(C)S(=O)(=O)Cc1cccc(B2OC(C)(C)C(C)(C)O2)c1.[C-]#[N+]c1cnc(N)nc1N[C@@H](C)c1cc2cccc(-c3cccc(C)c3)c2c(=O)n1-c1ccccc1.[C-]#[N+]c1cnc(N)nc1N[C@@H](C)c1cc2cccc(Cl)c2c(=O)n1-c1ccccc1. The van der Waals surface area contributed by atoms with Gasteiger partial charge in [-0.25, -0.2) is 42.3 Å². The number of nitrogen functional groups attached to an aromatic ring is 2. The number of nitrogens with zero attached hydrogens (tertiary/aromatic N) is 9. The van der Waals surface area contributed by atoms with Crippen molar-refractivity contribution in [3.05, 3.63) is 241 Å². The topological polar surface area (TPSA) is 236 Å². The quantitative estimate of drug-likeness (QED) is 0.0621. The van der Waals surface area contributed by atoms with Gasteiger partial charge in [0, 0.05) is 49.3 Å². The van der Waals surface area contributed by atoms with Crippen LogP contribution >= 0.6 is 11.6 Å². The number of aromatic nitrogens is 6. The number of nitrogens with two attached hydrogens (primary N) is 2. The zero-order chi connectivity index (χ0) is 63.2. The van der Waals surface area contributed by atoms with Crippen molar-refractivity contribution in [2.45, 2.75) is 77.5 Å². The van der Waals surface area contributed by atoms with Gasteiger partial charge in [-0.3, -0.25) is 18.7 Å². The van der Waals surface area contributed by atoms with Crippen molar-refractivity contribution in [3.8, 4) is 22.5 Å². The van der Waals surface area contributed by atoms with Gasteiger partial charge in [0.2, 0.25) is 33.3 Å².